The van der Waals surface area contributed by atoms with Crippen molar-refractivity contribution in [2.75, 3.05) is 7.11 Å². The summed E-state index contributed by atoms with van der Waals surface area (Å²) in [5, 5.41) is 0. The van der Waals surface area contributed by atoms with Crippen LogP contribution in [-0.4, -0.2) is 18.9 Å². The third kappa shape index (κ3) is 4.86. The Morgan fingerprint density at radius 1 is 0.821 bits per heavy atom. The molecule has 4 heteroatoms. The molecule has 0 N–H and O–H groups in total. The molecule has 28 heavy (non-hydrogen) atoms. The van der Waals surface area contributed by atoms with Crippen LogP contribution in [0.25, 0.3) is 0 Å². The van der Waals surface area contributed by atoms with E-state index in [1.807, 2.05) is 48.5 Å². The van der Waals surface area contributed by atoms with E-state index in [0.717, 1.165) is 11.3 Å². The number of ether oxygens (including phenoxy) is 2. The van der Waals surface area contributed by atoms with Gasteiger partial charge in [0.25, 0.3) is 0 Å². The molecule has 0 radical (unpaired) electrons. The maximum atomic E-state index is 13.0. The van der Waals surface area contributed by atoms with Gasteiger partial charge in [-0.25, -0.2) is 0 Å². The predicted molar refractivity (Wildman–Crippen MR) is 107 cm³/mol. The molecule has 3 rings (SSSR count). The minimum atomic E-state index is -0.964. The summed E-state index contributed by atoms with van der Waals surface area (Å²) in [5.41, 5.74) is 2.09. The SMILES string of the molecule is COc1ccccc1CCC(=O)OC(C(=O)c1ccccc1)c1ccccc1. The standard InChI is InChI=1S/C24H22O4/c1-27-21-15-9-8-10-18(21)16-17-22(25)28-24(20-13-6-3-7-14-20)23(26)19-11-4-2-5-12-19/h2-15,24H,16-17H2,1H3. The number of carbonyl (C=O) groups is 2. The van der Waals surface area contributed by atoms with Crippen molar-refractivity contribution in [3.05, 3.63) is 102 Å². The number of para-hydroxylation sites is 1. The molecule has 1 unspecified atom stereocenters. The lowest BCUT2D eigenvalue weighted by Crippen LogP contribution is -2.20. The average Bonchev–Trinajstić information content (AvgIpc) is 2.77. The van der Waals surface area contributed by atoms with Gasteiger partial charge in [0.15, 0.2) is 6.10 Å². The fourth-order valence-corrected chi connectivity index (χ4v) is 2.99. The van der Waals surface area contributed by atoms with E-state index in [4.69, 9.17) is 9.47 Å². The van der Waals surface area contributed by atoms with Gasteiger partial charge in [0, 0.05) is 17.5 Å². The summed E-state index contributed by atoms with van der Waals surface area (Å²) in [7, 11) is 1.60. The zero-order valence-corrected chi connectivity index (χ0v) is 15.7. The number of methoxy groups -OCH3 is 1. The Hall–Kier alpha value is -3.40. The maximum Gasteiger partial charge on any atom is 0.307 e. The van der Waals surface area contributed by atoms with E-state index in [9.17, 15) is 9.59 Å². The zero-order chi connectivity index (χ0) is 19.8. The molecule has 0 saturated carbocycles. The van der Waals surface area contributed by atoms with Crippen LogP contribution in [0.4, 0.5) is 0 Å². The molecule has 0 aromatic heterocycles. The summed E-state index contributed by atoms with van der Waals surface area (Å²) in [5.74, 6) is 0.0664. The highest BCUT2D eigenvalue weighted by Crippen LogP contribution is 2.24. The van der Waals surface area contributed by atoms with Gasteiger partial charge in [0.05, 0.1) is 7.11 Å². The third-order valence-corrected chi connectivity index (χ3v) is 4.44. The second-order valence-corrected chi connectivity index (χ2v) is 6.32. The van der Waals surface area contributed by atoms with E-state index in [-0.39, 0.29) is 12.2 Å². The Bertz CT molecular complexity index is 920. The second kappa shape index (κ2) is 9.51. The Labute approximate surface area is 164 Å². The van der Waals surface area contributed by atoms with Crippen LogP contribution in [0.15, 0.2) is 84.9 Å². The first kappa shape index (κ1) is 19.4. The molecule has 0 saturated heterocycles. The zero-order valence-electron chi connectivity index (χ0n) is 15.7. The van der Waals surface area contributed by atoms with Crippen LogP contribution < -0.4 is 4.74 Å². The Morgan fingerprint density at radius 2 is 1.43 bits per heavy atom. The van der Waals surface area contributed by atoms with Gasteiger partial charge >= 0.3 is 5.97 Å². The molecule has 3 aromatic rings. The number of carbonyl (C=O) groups excluding carboxylic acids is 2. The van der Waals surface area contributed by atoms with Crippen molar-refractivity contribution in [2.45, 2.75) is 18.9 Å². The quantitative estimate of drug-likeness (QED) is 0.420. The molecule has 0 fully saturated rings. The van der Waals surface area contributed by atoms with Crippen molar-refractivity contribution in [2.24, 2.45) is 0 Å². The molecule has 3 aromatic carbocycles. The number of aryl methyl sites for hydroxylation is 1. The summed E-state index contributed by atoms with van der Waals surface area (Å²) in [4.78, 5) is 25.5. The molecule has 0 aliphatic heterocycles. The summed E-state index contributed by atoms with van der Waals surface area (Å²) in [6.07, 6.45) is -0.330. The van der Waals surface area contributed by atoms with Crippen molar-refractivity contribution >= 4 is 11.8 Å². The van der Waals surface area contributed by atoms with Crippen molar-refractivity contribution in [3.8, 4) is 5.75 Å². The van der Waals surface area contributed by atoms with Crippen LogP contribution in [0.5, 0.6) is 5.75 Å². The number of hydrogen-bond donors (Lipinski definition) is 0. The molecule has 4 nitrogen and oxygen atoms in total. The van der Waals surface area contributed by atoms with Crippen LogP contribution in [0.2, 0.25) is 0 Å². The van der Waals surface area contributed by atoms with Crippen LogP contribution >= 0.6 is 0 Å². The Morgan fingerprint density at radius 3 is 2.11 bits per heavy atom. The lowest BCUT2D eigenvalue weighted by atomic mass is 9.99. The molecule has 0 aliphatic carbocycles. The summed E-state index contributed by atoms with van der Waals surface area (Å²) >= 11 is 0. The smallest absolute Gasteiger partial charge is 0.307 e. The minimum absolute atomic E-state index is 0.159. The number of ketones is 1. The van der Waals surface area contributed by atoms with E-state index < -0.39 is 12.1 Å². The van der Waals surface area contributed by atoms with E-state index in [0.29, 0.717) is 17.5 Å². The van der Waals surface area contributed by atoms with Crippen LogP contribution in [0, 0.1) is 0 Å². The highest BCUT2D eigenvalue weighted by atomic mass is 16.5. The lowest BCUT2D eigenvalue weighted by molar-refractivity contribution is -0.147. The summed E-state index contributed by atoms with van der Waals surface area (Å²) in [6, 6.07) is 25.5. The molecule has 0 spiro atoms. The van der Waals surface area contributed by atoms with Gasteiger partial charge in [0.1, 0.15) is 5.75 Å². The number of hydrogen-bond acceptors (Lipinski definition) is 4. The number of rotatable bonds is 8. The van der Waals surface area contributed by atoms with E-state index in [1.54, 1.807) is 43.5 Å². The first-order valence-electron chi connectivity index (χ1n) is 9.14. The highest BCUT2D eigenvalue weighted by molar-refractivity contribution is 6.01. The van der Waals surface area contributed by atoms with E-state index in [2.05, 4.69) is 0 Å². The van der Waals surface area contributed by atoms with E-state index in [1.165, 1.54) is 0 Å². The van der Waals surface area contributed by atoms with Crippen molar-refractivity contribution in [1.82, 2.24) is 0 Å². The normalized spacial score (nSPS) is 11.5. The third-order valence-electron chi connectivity index (χ3n) is 4.44. The van der Waals surface area contributed by atoms with Gasteiger partial charge in [-0.1, -0.05) is 78.9 Å². The molecular formula is C24H22O4. The fraction of sp³-hybridized carbons (Fsp3) is 0.167. The lowest BCUT2D eigenvalue weighted by Gasteiger charge is -2.18. The molecule has 0 bridgehead atoms. The minimum Gasteiger partial charge on any atom is -0.496 e. The number of Topliss-reactive ketones (excluding diaryl/α,β-unsaturated/α-hetero) is 1. The monoisotopic (exact) mass is 374 g/mol. The number of benzene rings is 3. The van der Waals surface area contributed by atoms with Gasteiger partial charge < -0.3 is 9.47 Å². The second-order valence-electron chi connectivity index (χ2n) is 6.32. The van der Waals surface area contributed by atoms with Crippen molar-refractivity contribution in [1.29, 1.82) is 0 Å². The van der Waals surface area contributed by atoms with Gasteiger partial charge in [-0.05, 0) is 18.1 Å². The molecular weight excluding hydrogens is 352 g/mol. The van der Waals surface area contributed by atoms with Gasteiger partial charge in [-0.2, -0.15) is 0 Å². The predicted octanol–water partition coefficient (Wildman–Crippen LogP) is 4.80. The molecule has 0 heterocycles. The van der Waals surface area contributed by atoms with Crippen LogP contribution in [0.1, 0.15) is 34.0 Å². The summed E-state index contributed by atoms with van der Waals surface area (Å²) < 4.78 is 10.9. The Balaban J connectivity index is 1.74. The van der Waals surface area contributed by atoms with Gasteiger partial charge in [-0.15, -0.1) is 0 Å². The fourth-order valence-electron chi connectivity index (χ4n) is 2.99. The molecule has 0 amide bonds. The first-order chi connectivity index (χ1) is 13.7. The van der Waals surface area contributed by atoms with Crippen LogP contribution in [0.3, 0.4) is 0 Å². The first-order valence-corrected chi connectivity index (χ1v) is 9.14. The van der Waals surface area contributed by atoms with Gasteiger partial charge in [-0.3, -0.25) is 9.59 Å². The summed E-state index contributed by atoms with van der Waals surface area (Å²) in [6.45, 7) is 0. The molecule has 142 valence electrons. The van der Waals surface area contributed by atoms with Crippen molar-refractivity contribution < 1.29 is 19.1 Å². The van der Waals surface area contributed by atoms with Crippen LogP contribution in [-0.2, 0) is 16.0 Å². The highest BCUT2D eigenvalue weighted by Gasteiger charge is 2.26. The maximum absolute atomic E-state index is 13.0. The molecule has 1 atom stereocenters. The average molecular weight is 374 g/mol. The Kier molecular flexibility index (Phi) is 6.58. The number of esters is 1. The topological polar surface area (TPSA) is 52.6 Å². The van der Waals surface area contributed by atoms with Gasteiger partial charge in [0.2, 0.25) is 5.78 Å². The van der Waals surface area contributed by atoms with Crippen molar-refractivity contribution in [3.63, 3.8) is 0 Å². The largest absolute Gasteiger partial charge is 0.496 e. The molecule has 0 aliphatic rings. The van der Waals surface area contributed by atoms with E-state index >= 15 is 0 Å².